The lowest BCUT2D eigenvalue weighted by Gasteiger charge is -2.31. The predicted octanol–water partition coefficient (Wildman–Crippen LogP) is 2.01. The fraction of sp³-hybridized carbons (Fsp3) is 0.318. The van der Waals surface area contributed by atoms with E-state index in [1.807, 2.05) is 29.8 Å². The molecule has 3 aromatic rings. The van der Waals surface area contributed by atoms with Crippen LogP contribution in [0, 0.1) is 0 Å². The Bertz CT molecular complexity index is 1140. The Hall–Kier alpha value is -3.59. The van der Waals surface area contributed by atoms with Gasteiger partial charge in [0.2, 0.25) is 0 Å². The molecule has 2 amide bonds. The third-order valence-electron chi connectivity index (χ3n) is 4.95. The topological polar surface area (TPSA) is 92.9 Å². The molecule has 0 bridgehead atoms. The van der Waals surface area contributed by atoms with Gasteiger partial charge in [-0.3, -0.25) is 14.2 Å². The lowest BCUT2D eigenvalue weighted by Crippen LogP contribution is -2.44. The third kappa shape index (κ3) is 4.46. The number of morpholine rings is 1. The molecule has 160 valence electrons. The van der Waals surface area contributed by atoms with Gasteiger partial charge in [-0.25, -0.2) is 9.97 Å². The van der Waals surface area contributed by atoms with Gasteiger partial charge in [0, 0.05) is 45.0 Å². The second kappa shape index (κ2) is 8.65. The van der Waals surface area contributed by atoms with Crippen molar-refractivity contribution in [2.45, 2.75) is 13.0 Å². The van der Waals surface area contributed by atoms with E-state index >= 15 is 0 Å². The maximum absolute atomic E-state index is 12.8. The van der Waals surface area contributed by atoms with Crippen LogP contribution in [0.4, 0.5) is 0 Å². The van der Waals surface area contributed by atoms with Gasteiger partial charge < -0.3 is 14.5 Å². The van der Waals surface area contributed by atoms with E-state index in [1.165, 1.54) is 6.34 Å². The normalized spacial score (nSPS) is 16.7. The highest BCUT2D eigenvalue weighted by molar-refractivity contribution is 5.98. The van der Waals surface area contributed by atoms with Crippen molar-refractivity contribution in [2.24, 2.45) is 4.99 Å². The van der Waals surface area contributed by atoms with Crippen LogP contribution < -0.4 is 0 Å². The molecule has 1 aliphatic heterocycles. The average Bonchev–Trinajstić information content (AvgIpc) is 3.20. The summed E-state index contributed by atoms with van der Waals surface area (Å²) in [6.07, 6.45) is 6.55. The van der Waals surface area contributed by atoms with Crippen LogP contribution in [-0.2, 0) is 4.74 Å². The molecule has 31 heavy (non-hydrogen) atoms. The number of pyridine rings is 2. The largest absolute Gasteiger partial charge is 0.375 e. The summed E-state index contributed by atoms with van der Waals surface area (Å²) in [5.74, 6) is -0.448. The van der Waals surface area contributed by atoms with Gasteiger partial charge >= 0.3 is 0 Å². The maximum Gasteiger partial charge on any atom is 0.296 e. The van der Waals surface area contributed by atoms with Crippen LogP contribution in [0.3, 0.4) is 0 Å². The van der Waals surface area contributed by atoms with E-state index in [0.717, 1.165) is 11.1 Å². The van der Waals surface area contributed by atoms with Crippen LogP contribution in [-0.4, -0.2) is 82.4 Å². The Morgan fingerprint density at radius 2 is 2.06 bits per heavy atom. The van der Waals surface area contributed by atoms with Crippen molar-refractivity contribution in [3.05, 3.63) is 54.1 Å². The van der Waals surface area contributed by atoms with Crippen LogP contribution in [0.15, 0.2) is 47.8 Å². The van der Waals surface area contributed by atoms with Crippen molar-refractivity contribution in [2.75, 3.05) is 33.8 Å². The van der Waals surface area contributed by atoms with Crippen LogP contribution in [0.25, 0.3) is 16.7 Å². The van der Waals surface area contributed by atoms with Crippen molar-refractivity contribution in [3.63, 3.8) is 0 Å². The van der Waals surface area contributed by atoms with Crippen LogP contribution >= 0.6 is 0 Å². The van der Waals surface area contributed by atoms with Crippen LogP contribution in [0.5, 0.6) is 0 Å². The van der Waals surface area contributed by atoms with Gasteiger partial charge in [-0.15, -0.1) is 0 Å². The molecule has 4 rings (SSSR count). The Balaban J connectivity index is 1.56. The highest BCUT2D eigenvalue weighted by atomic mass is 16.5. The summed E-state index contributed by atoms with van der Waals surface area (Å²) in [6, 6.07) is 7.18. The first-order valence-corrected chi connectivity index (χ1v) is 10.0. The number of nitrogens with zero attached hydrogens (tertiary/aromatic N) is 6. The van der Waals surface area contributed by atoms with Gasteiger partial charge in [0.05, 0.1) is 36.5 Å². The second-order valence-electron chi connectivity index (χ2n) is 7.67. The van der Waals surface area contributed by atoms with Crippen molar-refractivity contribution >= 4 is 29.2 Å². The van der Waals surface area contributed by atoms with Crippen molar-refractivity contribution in [1.29, 1.82) is 0 Å². The first kappa shape index (κ1) is 20.7. The zero-order chi connectivity index (χ0) is 22.0. The molecule has 3 aromatic heterocycles. The summed E-state index contributed by atoms with van der Waals surface area (Å²) < 4.78 is 7.38. The predicted molar refractivity (Wildman–Crippen MR) is 117 cm³/mol. The molecule has 1 atom stereocenters. The van der Waals surface area contributed by atoms with Crippen LogP contribution in [0.1, 0.15) is 27.8 Å². The van der Waals surface area contributed by atoms with E-state index in [2.05, 4.69) is 15.0 Å². The van der Waals surface area contributed by atoms with Gasteiger partial charge in [-0.2, -0.15) is 4.99 Å². The molecule has 1 unspecified atom stereocenters. The Morgan fingerprint density at radius 3 is 2.77 bits per heavy atom. The van der Waals surface area contributed by atoms with Crippen molar-refractivity contribution < 1.29 is 14.3 Å². The molecule has 9 nitrogen and oxygen atoms in total. The number of ether oxygens (including phenoxy) is 1. The summed E-state index contributed by atoms with van der Waals surface area (Å²) in [5, 5.41) is 0.850. The molecule has 1 aliphatic rings. The first-order valence-electron chi connectivity index (χ1n) is 10.0. The Labute approximate surface area is 180 Å². The number of hydrogen-bond acceptors (Lipinski definition) is 5. The lowest BCUT2D eigenvalue weighted by molar-refractivity contribution is -0.0124. The smallest absolute Gasteiger partial charge is 0.296 e. The number of rotatable bonds is 4. The van der Waals surface area contributed by atoms with E-state index in [4.69, 9.17) is 4.74 Å². The molecule has 0 saturated carbocycles. The molecule has 0 aliphatic carbocycles. The summed E-state index contributed by atoms with van der Waals surface area (Å²) in [4.78, 5) is 41.0. The Morgan fingerprint density at radius 1 is 1.23 bits per heavy atom. The first-order chi connectivity index (χ1) is 14.9. The summed E-state index contributed by atoms with van der Waals surface area (Å²) >= 11 is 0. The molecule has 0 N–H and O–H groups in total. The molecular formula is C22H24N6O3. The van der Waals surface area contributed by atoms with E-state index < -0.39 is 5.91 Å². The quantitative estimate of drug-likeness (QED) is 0.474. The van der Waals surface area contributed by atoms with Crippen LogP contribution in [0.2, 0.25) is 0 Å². The van der Waals surface area contributed by atoms with E-state index in [-0.39, 0.29) is 17.7 Å². The minimum Gasteiger partial charge on any atom is -0.375 e. The number of carbonyl (C=O) groups is 2. The average molecular weight is 420 g/mol. The van der Waals surface area contributed by atoms with Gasteiger partial charge in [-0.05, 0) is 31.2 Å². The zero-order valence-electron chi connectivity index (χ0n) is 17.7. The second-order valence-corrected chi connectivity index (χ2v) is 7.67. The highest BCUT2D eigenvalue weighted by Crippen LogP contribution is 2.21. The van der Waals surface area contributed by atoms with Crippen molar-refractivity contribution in [3.8, 4) is 5.69 Å². The molecule has 1 fully saturated rings. The highest BCUT2D eigenvalue weighted by Gasteiger charge is 2.23. The van der Waals surface area contributed by atoms with E-state index in [0.29, 0.717) is 30.9 Å². The maximum atomic E-state index is 12.8. The molecule has 4 heterocycles. The van der Waals surface area contributed by atoms with E-state index in [1.54, 1.807) is 48.4 Å². The van der Waals surface area contributed by atoms with Gasteiger partial charge in [-0.1, -0.05) is 0 Å². The van der Waals surface area contributed by atoms with Gasteiger partial charge in [0.1, 0.15) is 11.3 Å². The SMILES string of the molecule is CC1CN(C(=O)c2cnc3c(ccn3-c3ccc(C(=O)/N=C/N(C)C)nc3)c2)CCO1. The van der Waals surface area contributed by atoms with Crippen molar-refractivity contribution in [1.82, 2.24) is 24.3 Å². The monoisotopic (exact) mass is 420 g/mol. The molecule has 0 spiro atoms. The minimum atomic E-state index is -0.406. The Kier molecular flexibility index (Phi) is 5.77. The number of hydrogen-bond donors (Lipinski definition) is 0. The zero-order valence-corrected chi connectivity index (χ0v) is 17.7. The summed E-state index contributed by atoms with van der Waals surface area (Å²) in [5.41, 5.74) is 2.28. The molecule has 1 saturated heterocycles. The fourth-order valence-electron chi connectivity index (χ4n) is 3.42. The fourth-order valence-corrected chi connectivity index (χ4v) is 3.42. The van der Waals surface area contributed by atoms with Gasteiger partial charge in [0.25, 0.3) is 11.8 Å². The number of amides is 2. The van der Waals surface area contributed by atoms with Gasteiger partial charge in [0.15, 0.2) is 0 Å². The number of fused-ring (bicyclic) bond motifs is 1. The number of aromatic nitrogens is 3. The third-order valence-corrected chi connectivity index (χ3v) is 4.95. The lowest BCUT2D eigenvalue weighted by atomic mass is 10.2. The standard InChI is InChI=1S/C22H24N6O3/c1-15-13-27(8-9-31-15)22(30)17-10-16-6-7-28(20(16)24-11-17)18-4-5-19(23-12-18)21(29)25-14-26(2)3/h4-7,10-12,14-15H,8-9,13H2,1-3H3/b25-14+. The number of carbonyl (C=O) groups excluding carboxylic acids is 2. The minimum absolute atomic E-state index is 0.0337. The molecule has 0 aromatic carbocycles. The number of aliphatic imine (C=N–C) groups is 1. The summed E-state index contributed by atoms with van der Waals surface area (Å²) in [7, 11) is 3.58. The molecule has 9 heteroatoms. The molecular weight excluding hydrogens is 396 g/mol. The molecule has 0 radical (unpaired) electrons. The summed E-state index contributed by atoms with van der Waals surface area (Å²) in [6.45, 7) is 3.66. The van der Waals surface area contributed by atoms with E-state index in [9.17, 15) is 9.59 Å².